The van der Waals surface area contributed by atoms with Crippen LogP contribution in [0.15, 0.2) is 0 Å². The molecule has 2 fully saturated rings. The van der Waals surface area contributed by atoms with Crippen molar-refractivity contribution >= 4 is 0 Å². The van der Waals surface area contributed by atoms with Crippen molar-refractivity contribution in [3.05, 3.63) is 6.79 Å². The number of ether oxygens (including phenoxy) is 2. The van der Waals surface area contributed by atoms with E-state index < -0.39 is 0 Å². The molecule has 2 heterocycles. The van der Waals surface area contributed by atoms with Gasteiger partial charge in [0.2, 0.25) is 0 Å². The summed E-state index contributed by atoms with van der Waals surface area (Å²) in [5.41, 5.74) is 0.0312. The van der Waals surface area contributed by atoms with Gasteiger partial charge < -0.3 is 19.9 Å². The van der Waals surface area contributed by atoms with Gasteiger partial charge in [0, 0.05) is 25.1 Å². The molecular weight excluding hydrogens is 185 g/mol. The van der Waals surface area contributed by atoms with Crippen molar-refractivity contribution in [2.45, 2.75) is 6.10 Å². The number of aliphatic hydroxyl groups is 1. The summed E-state index contributed by atoms with van der Waals surface area (Å²) < 4.78 is 10.2. The minimum atomic E-state index is -0.0856. The van der Waals surface area contributed by atoms with Crippen LogP contribution in [0.2, 0.25) is 0 Å². The fourth-order valence-corrected chi connectivity index (χ4v) is 1.56. The van der Waals surface area contributed by atoms with Gasteiger partial charge in [-0.15, -0.1) is 0 Å². The first-order valence-corrected chi connectivity index (χ1v) is 3.78. The topological polar surface area (TPSA) is 50.7 Å². The first-order chi connectivity index (χ1) is 5.37. The van der Waals surface area contributed by atoms with Crippen molar-refractivity contribution in [1.82, 2.24) is 5.32 Å². The third kappa shape index (κ3) is 1.94. The largest absolute Gasteiger partial charge is 1.00 e. The average molecular weight is 197 g/mol. The molecular formula is C7H12KNO3. The van der Waals surface area contributed by atoms with Gasteiger partial charge in [0.1, 0.15) is 0 Å². The summed E-state index contributed by atoms with van der Waals surface area (Å²) in [5, 5.41) is 12.1. The van der Waals surface area contributed by atoms with Crippen molar-refractivity contribution in [2.24, 2.45) is 5.41 Å². The Morgan fingerprint density at radius 2 is 2.33 bits per heavy atom. The van der Waals surface area contributed by atoms with E-state index in [0.717, 1.165) is 13.1 Å². The van der Waals surface area contributed by atoms with Crippen LogP contribution in [-0.2, 0) is 9.47 Å². The van der Waals surface area contributed by atoms with Gasteiger partial charge in [-0.1, -0.05) is 6.79 Å². The summed E-state index contributed by atoms with van der Waals surface area (Å²) in [6.45, 7) is 3.81. The molecule has 2 saturated heterocycles. The van der Waals surface area contributed by atoms with E-state index >= 15 is 0 Å². The minimum Gasteiger partial charge on any atom is -0.524 e. The smallest absolute Gasteiger partial charge is 0.524 e. The van der Waals surface area contributed by atoms with Crippen LogP contribution in [0, 0.1) is 12.2 Å². The number of rotatable bonds is 1. The van der Waals surface area contributed by atoms with E-state index in [1.54, 1.807) is 0 Å². The predicted molar refractivity (Wildman–Crippen MR) is 37.5 cm³/mol. The van der Waals surface area contributed by atoms with Crippen LogP contribution >= 0.6 is 0 Å². The molecule has 0 saturated carbocycles. The molecule has 0 radical (unpaired) electrons. The Morgan fingerprint density at radius 1 is 1.58 bits per heavy atom. The van der Waals surface area contributed by atoms with Crippen LogP contribution in [0.4, 0.5) is 0 Å². The Balaban J connectivity index is 0.000000720. The standard InChI is InChI=1S/C7H12NO3.K/c9-1-6-7(2-8-3-7)4-10-5-11-6;/h5-6,8-9H,1-4H2;/q-1;+1. The van der Waals surface area contributed by atoms with Gasteiger partial charge in [0.25, 0.3) is 0 Å². The minimum absolute atomic E-state index is 0. The number of hydrogen-bond acceptors (Lipinski definition) is 4. The third-order valence-electron chi connectivity index (χ3n) is 2.46. The zero-order valence-electron chi connectivity index (χ0n) is 7.25. The van der Waals surface area contributed by atoms with Crippen LogP contribution in [-0.4, -0.2) is 37.5 Å². The molecule has 1 unspecified atom stereocenters. The Bertz CT molecular complexity index is 152. The molecule has 0 aromatic rings. The summed E-state index contributed by atoms with van der Waals surface area (Å²) in [4.78, 5) is 0. The van der Waals surface area contributed by atoms with E-state index in [2.05, 4.69) is 5.32 Å². The molecule has 2 N–H and O–H groups in total. The molecule has 0 aromatic heterocycles. The number of aliphatic hydroxyl groups excluding tert-OH is 1. The van der Waals surface area contributed by atoms with Crippen molar-refractivity contribution in [3.63, 3.8) is 0 Å². The van der Waals surface area contributed by atoms with Crippen LogP contribution in [0.5, 0.6) is 0 Å². The molecule has 12 heavy (non-hydrogen) atoms. The molecule has 0 amide bonds. The molecule has 0 bridgehead atoms. The summed E-state index contributed by atoms with van der Waals surface area (Å²) in [7, 11) is 0. The molecule has 2 rings (SSSR count). The molecule has 1 spiro atoms. The molecule has 0 aromatic carbocycles. The van der Waals surface area contributed by atoms with Gasteiger partial charge in [-0.25, -0.2) is 0 Å². The summed E-state index contributed by atoms with van der Waals surface area (Å²) in [5.74, 6) is 0. The van der Waals surface area contributed by atoms with E-state index in [1.165, 1.54) is 6.79 Å². The number of nitrogens with one attached hydrogen (secondary N) is 1. The quantitative estimate of drug-likeness (QED) is 0.333. The van der Waals surface area contributed by atoms with E-state index in [-0.39, 0.29) is 69.5 Å². The predicted octanol–water partition coefficient (Wildman–Crippen LogP) is -3.89. The van der Waals surface area contributed by atoms with Crippen LogP contribution < -0.4 is 56.7 Å². The second kappa shape index (κ2) is 4.81. The molecule has 2 aliphatic heterocycles. The fraction of sp³-hybridized carbons (Fsp3) is 0.857. The Hall–Kier alpha value is 1.48. The van der Waals surface area contributed by atoms with Crippen LogP contribution in [0.25, 0.3) is 0 Å². The molecule has 0 aliphatic carbocycles. The summed E-state index contributed by atoms with van der Waals surface area (Å²) >= 11 is 0. The van der Waals surface area contributed by atoms with E-state index in [0.29, 0.717) is 6.61 Å². The summed E-state index contributed by atoms with van der Waals surface area (Å²) in [6, 6.07) is 0. The first-order valence-electron chi connectivity index (χ1n) is 3.78. The maximum Gasteiger partial charge on any atom is 1.00 e. The second-order valence-corrected chi connectivity index (χ2v) is 3.18. The maximum absolute atomic E-state index is 8.96. The number of hydrogen-bond donors (Lipinski definition) is 2. The third-order valence-corrected chi connectivity index (χ3v) is 2.46. The molecule has 1 atom stereocenters. The second-order valence-electron chi connectivity index (χ2n) is 3.18. The van der Waals surface area contributed by atoms with E-state index in [1.807, 2.05) is 0 Å². The van der Waals surface area contributed by atoms with Crippen molar-refractivity contribution in [1.29, 1.82) is 0 Å². The maximum atomic E-state index is 8.96. The van der Waals surface area contributed by atoms with E-state index in [9.17, 15) is 0 Å². The zero-order chi connectivity index (χ0) is 7.73. The molecule has 2 aliphatic rings. The van der Waals surface area contributed by atoms with Crippen molar-refractivity contribution in [3.8, 4) is 0 Å². The Kier molecular flexibility index (Phi) is 4.63. The van der Waals surface area contributed by atoms with Gasteiger partial charge >= 0.3 is 51.4 Å². The van der Waals surface area contributed by atoms with Crippen LogP contribution in [0.3, 0.4) is 0 Å². The normalized spacial score (nSPS) is 32.2. The van der Waals surface area contributed by atoms with Crippen molar-refractivity contribution in [2.75, 3.05) is 26.3 Å². The fourth-order valence-electron chi connectivity index (χ4n) is 1.56. The Morgan fingerprint density at radius 3 is 2.75 bits per heavy atom. The van der Waals surface area contributed by atoms with Gasteiger partial charge in [0.15, 0.2) is 0 Å². The molecule has 64 valence electrons. The average Bonchev–Trinajstić information content (AvgIpc) is 2.01. The van der Waals surface area contributed by atoms with Gasteiger partial charge in [-0.2, -0.15) is 0 Å². The molecule has 4 nitrogen and oxygen atoms in total. The van der Waals surface area contributed by atoms with Crippen LogP contribution in [0.1, 0.15) is 0 Å². The Labute approximate surface area is 114 Å². The molecule has 5 heteroatoms. The summed E-state index contributed by atoms with van der Waals surface area (Å²) in [6.07, 6.45) is -0.0856. The van der Waals surface area contributed by atoms with Crippen molar-refractivity contribution < 1.29 is 66.0 Å². The van der Waals surface area contributed by atoms with E-state index in [4.69, 9.17) is 14.6 Å². The van der Waals surface area contributed by atoms with Gasteiger partial charge in [0.05, 0.1) is 12.7 Å². The SMILES string of the molecule is OCC1O[CH-]OCC12CNC2.[K+]. The monoisotopic (exact) mass is 197 g/mol. The zero-order valence-corrected chi connectivity index (χ0v) is 10.4. The van der Waals surface area contributed by atoms with Gasteiger partial charge in [-0.3, -0.25) is 0 Å². The first kappa shape index (κ1) is 11.6. The van der Waals surface area contributed by atoms with Gasteiger partial charge in [-0.05, 0) is 0 Å².